The van der Waals surface area contributed by atoms with Crippen LogP contribution < -0.4 is 16.1 Å². The number of nitrogens with one attached hydrogen (secondary N) is 2. The van der Waals surface area contributed by atoms with Gasteiger partial charge in [-0.2, -0.15) is 26.3 Å². The highest BCUT2D eigenvalue weighted by atomic mass is 79.9. The third kappa shape index (κ3) is 11.1. The SMILES string of the molecule is OCCCNc1nc2cc(C(F)(F)F)ccc2n2c(-c3cccc(CO)c3)cnc12.OCCCNc1nc2cc(C(F)(F)F)ccc2n2c(Br)cnc12.OCc1cccc(B(O)O)c1. The fourth-order valence-electron chi connectivity index (χ4n) is 6.48. The largest absolute Gasteiger partial charge is 0.488 e. The molecule has 0 saturated heterocycles. The number of aliphatic hydroxyl groups is 4. The first-order valence-corrected chi connectivity index (χ1v) is 20.2. The molecule has 0 radical (unpaired) electrons. The summed E-state index contributed by atoms with van der Waals surface area (Å²) in [5.41, 5.74) is 4.01. The molecule has 4 aromatic heterocycles. The van der Waals surface area contributed by atoms with Gasteiger partial charge in [0, 0.05) is 31.9 Å². The number of aromatic nitrogens is 6. The Morgan fingerprint density at radius 3 is 1.62 bits per heavy atom. The average Bonchev–Trinajstić information content (AvgIpc) is 3.91. The molecule has 64 heavy (non-hydrogen) atoms. The Labute approximate surface area is 368 Å². The van der Waals surface area contributed by atoms with Gasteiger partial charge in [-0.3, -0.25) is 8.80 Å². The number of benzene rings is 4. The van der Waals surface area contributed by atoms with Gasteiger partial charge < -0.3 is 41.1 Å². The molecule has 0 aliphatic heterocycles. The second-order valence-corrected chi connectivity index (χ2v) is 14.8. The monoisotopic (exact) mass is 956 g/mol. The molecule has 8 rings (SSSR count). The Hall–Kier alpha value is -5.88. The van der Waals surface area contributed by atoms with Gasteiger partial charge in [0.05, 0.1) is 64.5 Å². The molecule has 0 fully saturated rings. The topological polar surface area (TPSA) is 206 Å². The van der Waals surface area contributed by atoms with E-state index in [4.69, 9.17) is 25.4 Å². The molecule has 0 saturated carbocycles. The van der Waals surface area contributed by atoms with E-state index in [0.29, 0.717) is 86.8 Å². The highest BCUT2D eigenvalue weighted by molar-refractivity contribution is 9.10. The van der Waals surface area contributed by atoms with Crippen molar-refractivity contribution in [3.8, 4) is 11.3 Å². The lowest BCUT2D eigenvalue weighted by Gasteiger charge is -2.13. The smallest absolute Gasteiger partial charge is 0.423 e. The van der Waals surface area contributed by atoms with Crippen molar-refractivity contribution in [2.45, 2.75) is 38.4 Å². The van der Waals surface area contributed by atoms with Crippen molar-refractivity contribution in [1.29, 1.82) is 0 Å². The van der Waals surface area contributed by atoms with E-state index in [2.05, 4.69) is 46.5 Å². The zero-order valence-electron chi connectivity index (χ0n) is 33.5. The second-order valence-electron chi connectivity index (χ2n) is 14.0. The third-order valence-electron chi connectivity index (χ3n) is 9.55. The molecule has 0 amide bonds. The number of imidazole rings is 2. The van der Waals surface area contributed by atoms with Gasteiger partial charge in [-0.25, -0.2) is 19.9 Å². The molecule has 0 bridgehead atoms. The number of hydrogen-bond acceptors (Lipinski definition) is 12. The maximum atomic E-state index is 13.2. The van der Waals surface area contributed by atoms with E-state index in [9.17, 15) is 31.4 Å². The number of aliphatic hydroxyl groups excluding tert-OH is 4. The normalized spacial score (nSPS) is 11.7. The van der Waals surface area contributed by atoms with E-state index in [1.54, 1.807) is 63.7 Å². The summed E-state index contributed by atoms with van der Waals surface area (Å²) in [6, 6.07) is 20.6. The number of halogens is 7. The van der Waals surface area contributed by atoms with Gasteiger partial charge in [0.1, 0.15) is 4.60 Å². The number of alkyl halides is 6. The summed E-state index contributed by atoms with van der Waals surface area (Å²) in [4.78, 5) is 17.3. The van der Waals surface area contributed by atoms with Crippen molar-refractivity contribution in [1.82, 2.24) is 28.7 Å². The molecule has 0 aliphatic rings. The van der Waals surface area contributed by atoms with E-state index in [-0.39, 0.29) is 37.5 Å². The van der Waals surface area contributed by atoms with Gasteiger partial charge in [-0.05, 0) is 87.8 Å². The first kappa shape index (κ1) is 47.6. The van der Waals surface area contributed by atoms with Gasteiger partial charge in [-0.1, -0.05) is 42.5 Å². The van der Waals surface area contributed by atoms with E-state index in [1.807, 2.05) is 6.07 Å². The van der Waals surface area contributed by atoms with Crippen molar-refractivity contribution in [3.63, 3.8) is 0 Å². The molecule has 0 atom stereocenters. The summed E-state index contributed by atoms with van der Waals surface area (Å²) in [6.07, 6.45) is -4.77. The molecular weight excluding hydrogens is 917 g/mol. The van der Waals surface area contributed by atoms with Gasteiger partial charge in [0.15, 0.2) is 22.9 Å². The van der Waals surface area contributed by atoms with Crippen LogP contribution in [-0.4, -0.2) is 92.6 Å². The molecule has 4 heterocycles. The predicted octanol–water partition coefficient (Wildman–Crippen LogP) is 6.17. The predicted molar refractivity (Wildman–Crippen MR) is 233 cm³/mol. The minimum absolute atomic E-state index is 0.00717. The molecule has 0 spiro atoms. The quantitative estimate of drug-likeness (QED) is 0.0394. The van der Waals surface area contributed by atoms with Crippen LogP contribution in [0.4, 0.5) is 38.0 Å². The van der Waals surface area contributed by atoms with Crippen molar-refractivity contribution in [2.75, 3.05) is 36.9 Å². The van der Waals surface area contributed by atoms with Crippen LogP contribution >= 0.6 is 15.9 Å². The maximum Gasteiger partial charge on any atom is 0.488 e. The van der Waals surface area contributed by atoms with Gasteiger partial charge in [-0.15, -0.1) is 0 Å². The highest BCUT2D eigenvalue weighted by Gasteiger charge is 2.32. The molecule has 8 N–H and O–H groups in total. The Kier molecular flexibility index (Phi) is 15.4. The third-order valence-corrected chi connectivity index (χ3v) is 10.1. The molecule has 0 unspecified atom stereocenters. The van der Waals surface area contributed by atoms with Crippen LogP contribution in [0.25, 0.3) is 44.6 Å². The summed E-state index contributed by atoms with van der Waals surface area (Å²) in [7, 11) is -1.46. The Morgan fingerprint density at radius 2 is 1.11 bits per heavy atom. The lowest BCUT2D eigenvalue weighted by Crippen LogP contribution is -2.29. The van der Waals surface area contributed by atoms with Crippen LogP contribution in [0.15, 0.2) is 102 Å². The minimum Gasteiger partial charge on any atom is -0.423 e. The lowest BCUT2D eigenvalue weighted by molar-refractivity contribution is -0.138. The minimum atomic E-state index is -4.48. The van der Waals surface area contributed by atoms with Crippen molar-refractivity contribution in [2.24, 2.45) is 0 Å². The molecule has 4 aromatic carbocycles. The van der Waals surface area contributed by atoms with Crippen LogP contribution in [0.5, 0.6) is 0 Å². The lowest BCUT2D eigenvalue weighted by atomic mass is 9.80. The first-order chi connectivity index (χ1) is 30.6. The first-order valence-electron chi connectivity index (χ1n) is 19.5. The van der Waals surface area contributed by atoms with Gasteiger partial charge in [0.25, 0.3) is 0 Å². The summed E-state index contributed by atoms with van der Waals surface area (Å²) < 4.78 is 82.4. The highest BCUT2D eigenvalue weighted by Crippen LogP contribution is 2.35. The van der Waals surface area contributed by atoms with E-state index >= 15 is 0 Å². The van der Waals surface area contributed by atoms with Crippen molar-refractivity contribution in [3.05, 3.63) is 124 Å². The number of fused-ring (bicyclic) bond motifs is 6. The number of hydrogen-bond donors (Lipinski definition) is 8. The van der Waals surface area contributed by atoms with Crippen molar-refractivity contribution < 1.29 is 56.8 Å². The van der Waals surface area contributed by atoms with Gasteiger partial charge >= 0.3 is 19.5 Å². The van der Waals surface area contributed by atoms with Crippen molar-refractivity contribution >= 4 is 73.5 Å². The summed E-state index contributed by atoms with van der Waals surface area (Å²) in [5.74, 6) is 0.704. The number of nitrogens with zero attached hydrogens (tertiary/aromatic N) is 6. The Bertz CT molecular complexity index is 2860. The zero-order valence-corrected chi connectivity index (χ0v) is 35.1. The van der Waals surface area contributed by atoms with E-state index in [0.717, 1.165) is 29.8 Å². The molecule has 336 valence electrons. The summed E-state index contributed by atoms with van der Waals surface area (Å²) >= 11 is 3.34. The van der Waals surface area contributed by atoms with Crippen LogP contribution in [0, 0.1) is 0 Å². The number of rotatable bonds is 12. The van der Waals surface area contributed by atoms with Crippen LogP contribution in [-0.2, 0) is 25.6 Å². The van der Waals surface area contributed by atoms with Crippen LogP contribution in [0.3, 0.4) is 0 Å². The molecule has 8 aromatic rings. The fraction of sp³-hybridized carbons (Fsp3) is 0.238. The summed E-state index contributed by atoms with van der Waals surface area (Å²) in [6.45, 7) is 0.603. The van der Waals surface area contributed by atoms with E-state index < -0.39 is 30.6 Å². The fourth-order valence-corrected chi connectivity index (χ4v) is 6.94. The molecular formula is C42H40BBrF6N8O6. The Balaban J connectivity index is 0.000000176. The molecule has 0 aliphatic carbocycles. The van der Waals surface area contributed by atoms with Crippen LogP contribution in [0.1, 0.15) is 35.1 Å². The number of anilines is 2. The van der Waals surface area contributed by atoms with Gasteiger partial charge in [0.2, 0.25) is 0 Å². The second kappa shape index (κ2) is 20.7. The molecule has 14 nitrogen and oxygen atoms in total. The van der Waals surface area contributed by atoms with E-state index in [1.165, 1.54) is 12.1 Å². The Morgan fingerprint density at radius 1 is 0.609 bits per heavy atom. The molecule has 22 heteroatoms. The standard InChI is InChI=1S/C21H19F3N4O2.C14H12BrF3N4O.C7H9BO3/c22-21(23,24)15-5-6-17-16(10-15)27-19(25-7-2-8-29)20-26-11-18(28(17)20)14-4-1-3-13(9-14)12-30;15-11-7-20-13-12(19-4-1-5-23)21-9-6-8(14(16,17)18)2-3-10(9)22(11)13;9-5-6-2-1-3-7(4-6)8(10)11/h1,3-6,9-11,29-30H,2,7-8,12H2,(H,25,27);2-3,6-7,23H,1,4-5H2,(H,19,21);1-4,9-11H,5H2. The summed E-state index contributed by atoms with van der Waals surface area (Å²) in [5, 5.41) is 59.5. The average molecular weight is 958 g/mol. The maximum absolute atomic E-state index is 13.2. The zero-order chi connectivity index (χ0) is 46.2. The van der Waals surface area contributed by atoms with Crippen LogP contribution in [0.2, 0.25) is 0 Å².